The molecular formula is C13H10F6O3. The van der Waals surface area contributed by atoms with Gasteiger partial charge in [-0.05, 0) is 30.7 Å². The molecule has 0 amide bonds. The van der Waals surface area contributed by atoms with E-state index in [0.717, 1.165) is 0 Å². The Balaban J connectivity index is 3.46. The number of ether oxygens (including phenoxy) is 1. The Kier molecular flexibility index (Phi) is 5.21. The van der Waals surface area contributed by atoms with Gasteiger partial charge in [-0.15, -0.1) is 0 Å². The molecule has 0 N–H and O–H groups in total. The molecule has 22 heavy (non-hydrogen) atoms. The molecule has 0 radical (unpaired) electrons. The minimum Gasteiger partial charge on any atom is -0.465 e. The summed E-state index contributed by atoms with van der Waals surface area (Å²) in [7, 11) is 0. The van der Waals surface area contributed by atoms with Crippen LogP contribution in [0.5, 0.6) is 0 Å². The fourth-order valence-corrected chi connectivity index (χ4v) is 1.66. The molecule has 1 atom stereocenters. The molecule has 0 aliphatic rings. The Bertz CT molecular complexity index is 530. The number of carbonyl (C=O) groups excluding carboxylic acids is 2. The Labute approximate surface area is 120 Å². The highest BCUT2D eigenvalue weighted by atomic mass is 19.4. The predicted octanol–water partition coefficient (Wildman–Crippen LogP) is 3.57. The second-order valence-corrected chi connectivity index (χ2v) is 4.21. The van der Waals surface area contributed by atoms with Gasteiger partial charge in [0, 0.05) is 0 Å². The zero-order valence-corrected chi connectivity index (χ0v) is 11.1. The fraction of sp³-hybridized carbons (Fsp3) is 0.385. The van der Waals surface area contributed by atoms with Crippen molar-refractivity contribution in [3.05, 3.63) is 34.9 Å². The van der Waals surface area contributed by atoms with Crippen LogP contribution in [0.25, 0.3) is 0 Å². The van der Waals surface area contributed by atoms with Crippen LogP contribution in [0.15, 0.2) is 18.2 Å². The van der Waals surface area contributed by atoms with Gasteiger partial charge in [0.25, 0.3) is 0 Å². The van der Waals surface area contributed by atoms with Crippen molar-refractivity contribution < 1.29 is 40.7 Å². The van der Waals surface area contributed by atoms with Crippen LogP contribution in [0.4, 0.5) is 26.3 Å². The van der Waals surface area contributed by atoms with Crippen molar-refractivity contribution >= 4 is 12.3 Å². The molecule has 122 valence electrons. The van der Waals surface area contributed by atoms with E-state index in [1.165, 1.54) is 6.92 Å². The van der Waals surface area contributed by atoms with Crippen LogP contribution in [0.2, 0.25) is 0 Å². The lowest BCUT2D eigenvalue weighted by Gasteiger charge is -2.16. The maximum absolute atomic E-state index is 12.7. The predicted molar refractivity (Wildman–Crippen MR) is 61.9 cm³/mol. The standard InChI is InChI=1S/C13H10F6O3/c1-2-22-11(21)10(6-20)7-3-8(12(14,15)16)5-9(4-7)13(17,18)19/h3-6,10H,2H2,1H3. The van der Waals surface area contributed by atoms with Crippen LogP contribution >= 0.6 is 0 Å². The van der Waals surface area contributed by atoms with Crippen molar-refractivity contribution in [2.45, 2.75) is 25.2 Å². The van der Waals surface area contributed by atoms with E-state index in [9.17, 15) is 35.9 Å². The summed E-state index contributed by atoms with van der Waals surface area (Å²) in [6.07, 6.45) is -10.2. The molecule has 1 rings (SSSR count). The minimum atomic E-state index is -5.06. The molecule has 0 saturated carbocycles. The van der Waals surface area contributed by atoms with E-state index < -0.39 is 40.9 Å². The van der Waals surface area contributed by atoms with E-state index >= 15 is 0 Å². The van der Waals surface area contributed by atoms with E-state index in [1.807, 2.05) is 0 Å². The van der Waals surface area contributed by atoms with Crippen molar-refractivity contribution in [3.8, 4) is 0 Å². The first kappa shape index (κ1) is 18.0. The average molecular weight is 328 g/mol. The van der Waals surface area contributed by atoms with Crippen LogP contribution in [-0.2, 0) is 26.7 Å². The van der Waals surface area contributed by atoms with Gasteiger partial charge in [-0.25, -0.2) is 0 Å². The first-order valence-electron chi connectivity index (χ1n) is 5.92. The van der Waals surface area contributed by atoms with Crippen molar-refractivity contribution in [3.63, 3.8) is 0 Å². The second kappa shape index (κ2) is 6.37. The van der Waals surface area contributed by atoms with Gasteiger partial charge in [-0.1, -0.05) is 0 Å². The Hall–Kier alpha value is -2.06. The molecule has 0 heterocycles. The van der Waals surface area contributed by atoms with Crippen LogP contribution in [0.1, 0.15) is 29.5 Å². The summed E-state index contributed by atoms with van der Waals surface area (Å²) in [5, 5.41) is 0. The highest BCUT2D eigenvalue weighted by molar-refractivity contribution is 5.94. The molecule has 0 saturated heterocycles. The molecule has 1 aromatic rings. The first-order chi connectivity index (χ1) is 10.0. The Morgan fingerprint density at radius 1 is 1.09 bits per heavy atom. The number of hydrogen-bond donors (Lipinski definition) is 0. The molecule has 0 bridgehead atoms. The summed E-state index contributed by atoms with van der Waals surface area (Å²) in [6, 6.07) is 0.562. The van der Waals surface area contributed by atoms with Crippen LogP contribution in [-0.4, -0.2) is 18.9 Å². The zero-order valence-electron chi connectivity index (χ0n) is 11.1. The van der Waals surface area contributed by atoms with Crippen molar-refractivity contribution in [2.24, 2.45) is 0 Å². The largest absolute Gasteiger partial charge is 0.465 e. The third-order valence-electron chi connectivity index (χ3n) is 2.65. The summed E-state index contributed by atoms with van der Waals surface area (Å²) in [5.41, 5.74) is -3.93. The Morgan fingerprint density at radius 3 is 1.86 bits per heavy atom. The van der Waals surface area contributed by atoms with E-state index in [0.29, 0.717) is 12.1 Å². The first-order valence-corrected chi connectivity index (χ1v) is 5.92. The molecule has 0 aliphatic heterocycles. The van der Waals surface area contributed by atoms with Crippen LogP contribution in [0, 0.1) is 0 Å². The van der Waals surface area contributed by atoms with Gasteiger partial charge in [0.2, 0.25) is 0 Å². The Morgan fingerprint density at radius 2 is 1.55 bits per heavy atom. The van der Waals surface area contributed by atoms with Gasteiger partial charge in [0.1, 0.15) is 12.2 Å². The summed E-state index contributed by atoms with van der Waals surface area (Å²) in [5.74, 6) is -3.08. The number of hydrogen-bond acceptors (Lipinski definition) is 3. The monoisotopic (exact) mass is 328 g/mol. The molecule has 0 aromatic heterocycles. The lowest BCUT2D eigenvalue weighted by Crippen LogP contribution is -2.19. The van der Waals surface area contributed by atoms with Gasteiger partial charge < -0.3 is 9.53 Å². The molecule has 1 unspecified atom stereocenters. The van der Waals surface area contributed by atoms with Gasteiger partial charge in [-0.3, -0.25) is 4.79 Å². The van der Waals surface area contributed by atoms with Gasteiger partial charge >= 0.3 is 18.3 Å². The fourth-order valence-electron chi connectivity index (χ4n) is 1.66. The molecule has 3 nitrogen and oxygen atoms in total. The number of rotatable bonds is 4. The lowest BCUT2D eigenvalue weighted by atomic mass is 9.95. The third-order valence-corrected chi connectivity index (χ3v) is 2.65. The molecule has 1 aromatic carbocycles. The normalized spacial score (nSPS) is 13.6. The van der Waals surface area contributed by atoms with Gasteiger partial charge in [0.15, 0.2) is 0 Å². The molecule has 0 spiro atoms. The van der Waals surface area contributed by atoms with Gasteiger partial charge in [-0.2, -0.15) is 26.3 Å². The van der Waals surface area contributed by atoms with Crippen molar-refractivity contribution in [1.29, 1.82) is 0 Å². The molecular weight excluding hydrogens is 318 g/mol. The number of halogens is 6. The summed E-state index contributed by atoms with van der Waals surface area (Å²) in [6.45, 7) is 1.21. The number of carbonyl (C=O) groups is 2. The number of benzene rings is 1. The highest BCUT2D eigenvalue weighted by Crippen LogP contribution is 2.37. The van der Waals surface area contributed by atoms with Crippen LogP contribution < -0.4 is 0 Å². The van der Waals surface area contributed by atoms with Crippen molar-refractivity contribution in [2.75, 3.05) is 6.61 Å². The quantitative estimate of drug-likeness (QED) is 0.367. The van der Waals surface area contributed by atoms with Crippen molar-refractivity contribution in [1.82, 2.24) is 0 Å². The minimum absolute atomic E-state index is 0.0619. The maximum Gasteiger partial charge on any atom is 0.416 e. The lowest BCUT2D eigenvalue weighted by molar-refractivity contribution is -0.147. The smallest absolute Gasteiger partial charge is 0.416 e. The number of esters is 1. The molecule has 0 aliphatic carbocycles. The summed E-state index contributed by atoms with van der Waals surface area (Å²) in [4.78, 5) is 22.4. The number of aldehydes is 1. The zero-order chi connectivity index (χ0) is 17.1. The summed E-state index contributed by atoms with van der Waals surface area (Å²) < 4.78 is 80.6. The maximum atomic E-state index is 12.7. The van der Waals surface area contributed by atoms with E-state index in [1.54, 1.807) is 0 Å². The molecule has 9 heteroatoms. The van der Waals surface area contributed by atoms with E-state index in [2.05, 4.69) is 4.74 Å². The van der Waals surface area contributed by atoms with Gasteiger partial charge in [0.05, 0.1) is 17.7 Å². The third kappa shape index (κ3) is 4.22. The average Bonchev–Trinajstić information content (AvgIpc) is 2.37. The topological polar surface area (TPSA) is 43.4 Å². The molecule has 0 fully saturated rings. The summed E-state index contributed by atoms with van der Waals surface area (Å²) >= 11 is 0. The van der Waals surface area contributed by atoms with Crippen LogP contribution in [0.3, 0.4) is 0 Å². The second-order valence-electron chi connectivity index (χ2n) is 4.21. The van der Waals surface area contributed by atoms with E-state index in [-0.39, 0.29) is 19.0 Å². The number of alkyl halides is 6. The SMILES string of the molecule is CCOC(=O)C(C=O)c1cc(C(F)(F)F)cc(C(F)(F)F)c1. The van der Waals surface area contributed by atoms with E-state index in [4.69, 9.17) is 0 Å². The highest BCUT2D eigenvalue weighted by Gasteiger charge is 2.38.